The number of rotatable bonds is 6. The van der Waals surface area contributed by atoms with Crippen LogP contribution >= 0.6 is 39.3 Å². The molecule has 0 aromatic heterocycles. The molecule has 0 bridgehead atoms. The summed E-state index contributed by atoms with van der Waals surface area (Å²) >= 11 is 10.7. The number of amides is 2. The molecule has 0 unspecified atom stereocenters. The van der Waals surface area contributed by atoms with Gasteiger partial charge in [0.2, 0.25) is 11.8 Å². The van der Waals surface area contributed by atoms with Crippen molar-refractivity contribution in [1.82, 2.24) is 5.32 Å². The lowest BCUT2D eigenvalue weighted by molar-refractivity contribution is -0.122. The first-order chi connectivity index (χ1) is 11.1. The Hall–Kier alpha value is -1.50. The summed E-state index contributed by atoms with van der Waals surface area (Å²) in [6, 6.07) is 14.6. The Morgan fingerprint density at radius 2 is 1.74 bits per heavy atom. The minimum Gasteiger partial charge on any atom is -0.346 e. The molecule has 2 N–H and O–H groups in total. The molecule has 0 aliphatic heterocycles. The molecule has 2 aromatic carbocycles. The van der Waals surface area contributed by atoms with Crippen LogP contribution in [0.15, 0.2) is 57.9 Å². The maximum atomic E-state index is 11.8. The average Bonchev–Trinajstić information content (AvgIpc) is 2.54. The number of hydrogen-bond acceptors (Lipinski definition) is 3. The second-order valence-corrected chi connectivity index (χ2v) is 6.80. The number of nitrogens with one attached hydrogen (secondary N) is 2. The number of benzene rings is 2. The molecule has 7 heteroatoms. The van der Waals surface area contributed by atoms with Crippen LogP contribution in [-0.4, -0.2) is 24.1 Å². The van der Waals surface area contributed by atoms with Crippen molar-refractivity contribution in [2.75, 3.05) is 17.6 Å². The molecule has 23 heavy (non-hydrogen) atoms. The van der Waals surface area contributed by atoms with Crippen LogP contribution in [0.3, 0.4) is 0 Å². The molecule has 2 amide bonds. The van der Waals surface area contributed by atoms with Gasteiger partial charge in [-0.1, -0.05) is 35.9 Å². The first-order valence-corrected chi connectivity index (χ1v) is 8.90. The van der Waals surface area contributed by atoms with E-state index < -0.39 is 0 Å². The highest BCUT2D eigenvalue weighted by Crippen LogP contribution is 2.26. The van der Waals surface area contributed by atoms with Gasteiger partial charge in [-0.05, 0) is 40.2 Å². The summed E-state index contributed by atoms with van der Waals surface area (Å²) in [5.41, 5.74) is 0.664. The minimum absolute atomic E-state index is 0.0801. The molecule has 0 aliphatic carbocycles. The van der Waals surface area contributed by atoms with Gasteiger partial charge in [0.1, 0.15) is 0 Å². The van der Waals surface area contributed by atoms with Crippen molar-refractivity contribution in [3.8, 4) is 0 Å². The molecule has 2 rings (SSSR count). The number of anilines is 1. The van der Waals surface area contributed by atoms with Crippen LogP contribution in [0.1, 0.15) is 0 Å². The Labute approximate surface area is 152 Å². The third kappa shape index (κ3) is 5.89. The van der Waals surface area contributed by atoms with Gasteiger partial charge in [-0.3, -0.25) is 9.59 Å². The summed E-state index contributed by atoms with van der Waals surface area (Å²) in [6.07, 6.45) is 0. The lowest BCUT2D eigenvalue weighted by Crippen LogP contribution is -2.33. The lowest BCUT2D eigenvalue weighted by Gasteiger charge is -2.08. The minimum atomic E-state index is -0.284. The van der Waals surface area contributed by atoms with E-state index in [9.17, 15) is 9.59 Å². The number of para-hydroxylation sites is 1. The number of halogens is 2. The van der Waals surface area contributed by atoms with Gasteiger partial charge in [0, 0.05) is 9.37 Å². The average molecular weight is 414 g/mol. The summed E-state index contributed by atoms with van der Waals surface area (Å²) < 4.78 is 0.786. The van der Waals surface area contributed by atoms with Crippen LogP contribution < -0.4 is 10.6 Å². The molecular weight excluding hydrogens is 400 g/mol. The van der Waals surface area contributed by atoms with Crippen molar-refractivity contribution in [2.45, 2.75) is 4.90 Å². The highest BCUT2D eigenvalue weighted by Gasteiger charge is 2.09. The maximum Gasteiger partial charge on any atom is 0.243 e. The Bertz CT molecular complexity index is 712. The SMILES string of the molecule is O=C(CSc1ccccc1Cl)NCC(=O)Nc1ccccc1Br. The summed E-state index contributed by atoms with van der Waals surface area (Å²) in [6.45, 7) is -0.0801. The third-order valence-corrected chi connectivity index (χ3v) is 5.00. The van der Waals surface area contributed by atoms with Crippen LogP contribution in [0.4, 0.5) is 5.69 Å². The van der Waals surface area contributed by atoms with Crippen LogP contribution in [0.2, 0.25) is 5.02 Å². The van der Waals surface area contributed by atoms with Crippen molar-refractivity contribution in [3.63, 3.8) is 0 Å². The largest absolute Gasteiger partial charge is 0.346 e. The van der Waals surface area contributed by atoms with E-state index in [-0.39, 0.29) is 24.1 Å². The molecule has 120 valence electrons. The van der Waals surface area contributed by atoms with Gasteiger partial charge in [-0.25, -0.2) is 0 Å². The normalized spacial score (nSPS) is 10.2. The summed E-state index contributed by atoms with van der Waals surface area (Å²) in [5, 5.41) is 5.91. The van der Waals surface area contributed by atoms with Crippen molar-refractivity contribution in [3.05, 3.63) is 58.0 Å². The fourth-order valence-electron chi connectivity index (χ4n) is 1.69. The molecule has 0 saturated carbocycles. The molecular formula is C16H14BrClN2O2S. The first-order valence-electron chi connectivity index (χ1n) is 6.74. The first kappa shape index (κ1) is 17.8. The molecule has 2 aromatic rings. The maximum absolute atomic E-state index is 11.8. The van der Waals surface area contributed by atoms with Gasteiger partial charge < -0.3 is 10.6 Å². The van der Waals surface area contributed by atoms with E-state index in [1.54, 1.807) is 12.1 Å². The topological polar surface area (TPSA) is 58.2 Å². The standard InChI is InChI=1S/C16H14BrClN2O2S/c17-11-5-1-3-7-13(11)20-15(21)9-19-16(22)10-23-14-8-4-2-6-12(14)18/h1-8H,9-10H2,(H,19,22)(H,20,21). The Kier molecular flexibility index (Phi) is 6.95. The molecule has 0 aliphatic rings. The van der Waals surface area contributed by atoms with Gasteiger partial charge in [0.05, 0.1) is 23.0 Å². The smallest absolute Gasteiger partial charge is 0.243 e. The van der Waals surface area contributed by atoms with Crippen molar-refractivity contribution >= 4 is 56.8 Å². The Morgan fingerprint density at radius 3 is 2.48 bits per heavy atom. The zero-order chi connectivity index (χ0) is 16.7. The van der Waals surface area contributed by atoms with Crippen LogP contribution in [0.25, 0.3) is 0 Å². The molecule has 0 radical (unpaired) electrons. The third-order valence-electron chi connectivity index (χ3n) is 2.79. The summed E-state index contributed by atoms with van der Waals surface area (Å²) in [4.78, 5) is 24.4. The van der Waals surface area contributed by atoms with Gasteiger partial charge >= 0.3 is 0 Å². The molecule has 0 spiro atoms. The van der Waals surface area contributed by atoms with Gasteiger partial charge in [-0.15, -0.1) is 11.8 Å². The molecule has 0 atom stereocenters. The monoisotopic (exact) mass is 412 g/mol. The fraction of sp³-hybridized carbons (Fsp3) is 0.125. The summed E-state index contributed by atoms with van der Waals surface area (Å²) in [7, 11) is 0. The van der Waals surface area contributed by atoms with Gasteiger partial charge in [0.25, 0.3) is 0 Å². The van der Waals surface area contributed by atoms with E-state index in [1.807, 2.05) is 36.4 Å². The Morgan fingerprint density at radius 1 is 1.04 bits per heavy atom. The van der Waals surface area contributed by atoms with Crippen molar-refractivity contribution < 1.29 is 9.59 Å². The van der Waals surface area contributed by atoms with Crippen molar-refractivity contribution in [2.24, 2.45) is 0 Å². The number of carbonyl (C=O) groups is 2. The number of carbonyl (C=O) groups excluding carboxylic acids is 2. The molecule has 0 fully saturated rings. The fourth-order valence-corrected chi connectivity index (χ4v) is 3.14. The highest BCUT2D eigenvalue weighted by atomic mass is 79.9. The molecule has 4 nitrogen and oxygen atoms in total. The predicted octanol–water partition coefficient (Wildman–Crippen LogP) is 3.95. The van der Waals surface area contributed by atoms with E-state index >= 15 is 0 Å². The van der Waals surface area contributed by atoms with Crippen LogP contribution in [-0.2, 0) is 9.59 Å². The van der Waals surface area contributed by atoms with E-state index in [1.165, 1.54) is 11.8 Å². The second-order valence-electron chi connectivity index (χ2n) is 4.52. The number of hydrogen-bond donors (Lipinski definition) is 2. The molecule has 0 heterocycles. The van der Waals surface area contributed by atoms with Crippen LogP contribution in [0, 0.1) is 0 Å². The predicted molar refractivity (Wildman–Crippen MR) is 98.0 cm³/mol. The lowest BCUT2D eigenvalue weighted by atomic mass is 10.3. The van der Waals surface area contributed by atoms with Gasteiger partial charge in [-0.2, -0.15) is 0 Å². The van der Waals surface area contributed by atoms with Crippen molar-refractivity contribution in [1.29, 1.82) is 0 Å². The quantitative estimate of drug-likeness (QED) is 0.705. The Balaban J connectivity index is 1.75. The zero-order valence-electron chi connectivity index (χ0n) is 12.0. The van der Waals surface area contributed by atoms with E-state index in [2.05, 4.69) is 26.6 Å². The summed E-state index contributed by atoms with van der Waals surface area (Å²) in [5.74, 6) is -0.309. The van der Waals surface area contributed by atoms with E-state index in [0.29, 0.717) is 10.7 Å². The van der Waals surface area contributed by atoms with Gasteiger partial charge in [0.15, 0.2) is 0 Å². The molecule has 0 saturated heterocycles. The second kappa shape index (κ2) is 8.96. The van der Waals surface area contributed by atoms with E-state index in [4.69, 9.17) is 11.6 Å². The zero-order valence-corrected chi connectivity index (χ0v) is 15.2. The van der Waals surface area contributed by atoms with E-state index in [0.717, 1.165) is 9.37 Å². The van der Waals surface area contributed by atoms with Crippen LogP contribution in [0.5, 0.6) is 0 Å². The highest BCUT2D eigenvalue weighted by molar-refractivity contribution is 9.10. The number of thioether (sulfide) groups is 1.